The number of carbonyl (C=O) groups is 2. The van der Waals surface area contributed by atoms with Crippen LogP contribution in [0.15, 0.2) is 78.5 Å². The van der Waals surface area contributed by atoms with Crippen LogP contribution in [0.5, 0.6) is 11.5 Å². The number of nitrogens with one attached hydrogen (secondary N) is 1. The molecule has 0 saturated carbocycles. The van der Waals surface area contributed by atoms with Crippen LogP contribution in [-0.4, -0.2) is 30.4 Å². The quantitative estimate of drug-likeness (QED) is 0.511. The van der Waals surface area contributed by atoms with Gasteiger partial charge in [0.1, 0.15) is 23.0 Å². The molecule has 0 radical (unpaired) electrons. The smallest absolute Gasteiger partial charge is 0.278 e. The molecular weight excluding hydrogens is 423 g/mol. The lowest BCUT2D eigenvalue weighted by molar-refractivity contribution is -0.137. The van der Waals surface area contributed by atoms with Gasteiger partial charge in [0.05, 0.1) is 25.8 Å². The molecule has 1 aliphatic heterocycles. The molecule has 4 rings (SSSR count). The van der Waals surface area contributed by atoms with Crippen molar-refractivity contribution >= 4 is 23.1 Å². The van der Waals surface area contributed by atoms with Gasteiger partial charge in [-0.05, 0) is 43.3 Å². The molecule has 1 heterocycles. The Morgan fingerprint density at radius 1 is 0.909 bits per heavy atom. The third kappa shape index (κ3) is 4.43. The largest absolute Gasteiger partial charge is 0.496 e. The number of anilines is 1. The Kier molecular flexibility index (Phi) is 6.40. The highest BCUT2D eigenvalue weighted by Crippen LogP contribution is 2.36. The first-order valence-electron chi connectivity index (χ1n) is 10.5. The summed E-state index contributed by atoms with van der Waals surface area (Å²) in [6.45, 7) is 2.24. The summed E-state index contributed by atoms with van der Waals surface area (Å²) in [5.74, 6) is -0.409. The molecule has 7 heteroatoms. The number of hydrogen-bond donors (Lipinski definition) is 1. The van der Waals surface area contributed by atoms with Gasteiger partial charge in [0, 0.05) is 16.8 Å². The number of carbonyl (C=O) groups excluding carboxylic acids is 2. The average Bonchev–Trinajstić information content (AvgIpc) is 3.06. The average molecular weight is 446 g/mol. The number of hydrogen-bond acceptors (Lipinski definition) is 5. The summed E-state index contributed by atoms with van der Waals surface area (Å²) < 4.78 is 25.2. The second-order valence-electron chi connectivity index (χ2n) is 7.32. The van der Waals surface area contributed by atoms with Crippen LogP contribution in [0.4, 0.5) is 10.1 Å². The molecule has 0 aliphatic carbocycles. The standard InChI is InChI=1S/C26H23FN2O4/c1-3-33-19-14-12-18(13-15-19)28-24-23(20-9-5-7-11-22(20)32-2)25(30)29(26(24)31)16-17-8-4-6-10-21(17)27/h4-15,28H,3,16H2,1-2H3. The van der Waals surface area contributed by atoms with Crippen LogP contribution >= 0.6 is 0 Å². The number of halogens is 1. The summed E-state index contributed by atoms with van der Waals surface area (Å²) in [5.41, 5.74) is 1.60. The third-order valence-electron chi connectivity index (χ3n) is 5.27. The normalized spacial score (nSPS) is 13.5. The number of rotatable bonds is 8. The second-order valence-corrected chi connectivity index (χ2v) is 7.32. The van der Waals surface area contributed by atoms with Crippen molar-refractivity contribution in [3.05, 3.63) is 95.4 Å². The second kappa shape index (κ2) is 9.56. The van der Waals surface area contributed by atoms with Crippen LogP contribution in [0.25, 0.3) is 5.57 Å². The monoisotopic (exact) mass is 446 g/mol. The van der Waals surface area contributed by atoms with E-state index in [0.717, 1.165) is 4.90 Å². The summed E-state index contributed by atoms with van der Waals surface area (Å²) in [6, 6.07) is 20.1. The number of para-hydroxylation sites is 1. The zero-order chi connectivity index (χ0) is 23.4. The highest BCUT2D eigenvalue weighted by Gasteiger charge is 2.40. The molecule has 0 atom stereocenters. The highest BCUT2D eigenvalue weighted by molar-refractivity contribution is 6.36. The van der Waals surface area contributed by atoms with Gasteiger partial charge in [-0.15, -0.1) is 0 Å². The van der Waals surface area contributed by atoms with Crippen molar-refractivity contribution in [2.45, 2.75) is 13.5 Å². The van der Waals surface area contributed by atoms with Crippen LogP contribution in [0.1, 0.15) is 18.1 Å². The van der Waals surface area contributed by atoms with E-state index in [4.69, 9.17) is 9.47 Å². The first-order chi connectivity index (χ1) is 16.0. The predicted molar refractivity (Wildman–Crippen MR) is 123 cm³/mol. The molecule has 168 valence electrons. The fraction of sp³-hybridized carbons (Fsp3) is 0.154. The Morgan fingerprint density at radius 3 is 2.30 bits per heavy atom. The van der Waals surface area contributed by atoms with Gasteiger partial charge in [-0.1, -0.05) is 36.4 Å². The molecule has 33 heavy (non-hydrogen) atoms. The molecule has 1 N–H and O–H groups in total. The van der Waals surface area contributed by atoms with Crippen molar-refractivity contribution in [1.29, 1.82) is 0 Å². The highest BCUT2D eigenvalue weighted by atomic mass is 19.1. The predicted octanol–water partition coefficient (Wildman–Crippen LogP) is 4.63. The molecule has 0 saturated heterocycles. The van der Waals surface area contributed by atoms with Gasteiger partial charge < -0.3 is 14.8 Å². The maximum absolute atomic E-state index is 14.3. The Morgan fingerprint density at radius 2 is 1.61 bits per heavy atom. The number of benzene rings is 3. The molecule has 3 aromatic rings. The van der Waals surface area contributed by atoms with Crippen molar-refractivity contribution in [2.24, 2.45) is 0 Å². The molecule has 0 fully saturated rings. The third-order valence-corrected chi connectivity index (χ3v) is 5.27. The fourth-order valence-corrected chi connectivity index (χ4v) is 3.68. The van der Waals surface area contributed by atoms with E-state index in [9.17, 15) is 14.0 Å². The van der Waals surface area contributed by atoms with Crippen LogP contribution in [0.2, 0.25) is 0 Å². The van der Waals surface area contributed by atoms with Gasteiger partial charge in [0.25, 0.3) is 11.8 Å². The molecule has 6 nitrogen and oxygen atoms in total. The molecule has 3 aromatic carbocycles. The molecule has 0 aromatic heterocycles. The Hall–Kier alpha value is -4.13. The molecule has 0 bridgehead atoms. The topological polar surface area (TPSA) is 67.9 Å². The van der Waals surface area contributed by atoms with E-state index in [2.05, 4.69) is 5.32 Å². The number of nitrogens with zero attached hydrogens (tertiary/aromatic N) is 1. The lowest BCUT2D eigenvalue weighted by atomic mass is 10.0. The number of imide groups is 1. The molecular formula is C26H23FN2O4. The first-order valence-corrected chi connectivity index (χ1v) is 10.5. The van der Waals surface area contributed by atoms with Gasteiger partial charge in [0.2, 0.25) is 0 Å². The van der Waals surface area contributed by atoms with E-state index in [-0.39, 0.29) is 23.4 Å². The van der Waals surface area contributed by atoms with Crippen molar-refractivity contribution in [3.63, 3.8) is 0 Å². The van der Waals surface area contributed by atoms with Crippen molar-refractivity contribution in [2.75, 3.05) is 19.0 Å². The number of methoxy groups -OCH3 is 1. The SMILES string of the molecule is CCOc1ccc(NC2=C(c3ccccc3OC)C(=O)N(Cc3ccccc3F)C2=O)cc1. The fourth-order valence-electron chi connectivity index (χ4n) is 3.68. The maximum Gasteiger partial charge on any atom is 0.278 e. The molecule has 2 amide bonds. The van der Waals surface area contributed by atoms with Gasteiger partial charge in [0.15, 0.2) is 0 Å². The Labute approximate surface area is 191 Å². The summed E-state index contributed by atoms with van der Waals surface area (Å²) in [6.07, 6.45) is 0. The van der Waals surface area contributed by atoms with E-state index in [1.165, 1.54) is 13.2 Å². The molecule has 1 aliphatic rings. The molecule has 0 unspecified atom stereocenters. The van der Waals surface area contributed by atoms with Gasteiger partial charge >= 0.3 is 0 Å². The van der Waals surface area contributed by atoms with E-state index in [1.807, 2.05) is 6.92 Å². The number of amides is 2. The zero-order valence-corrected chi connectivity index (χ0v) is 18.3. The van der Waals surface area contributed by atoms with Crippen LogP contribution in [0, 0.1) is 5.82 Å². The number of ether oxygens (including phenoxy) is 2. The van der Waals surface area contributed by atoms with Crippen molar-refractivity contribution < 1.29 is 23.5 Å². The van der Waals surface area contributed by atoms with E-state index in [1.54, 1.807) is 66.7 Å². The van der Waals surface area contributed by atoms with E-state index in [0.29, 0.717) is 29.4 Å². The maximum atomic E-state index is 14.3. The lowest BCUT2D eigenvalue weighted by Crippen LogP contribution is -2.32. The Bertz CT molecular complexity index is 1220. The lowest BCUT2D eigenvalue weighted by Gasteiger charge is -2.16. The van der Waals surface area contributed by atoms with Gasteiger partial charge in [-0.3, -0.25) is 14.5 Å². The summed E-state index contributed by atoms with van der Waals surface area (Å²) in [4.78, 5) is 27.9. The summed E-state index contributed by atoms with van der Waals surface area (Å²) >= 11 is 0. The summed E-state index contributed by atoms with van der Waals surface area (Å²) in [7, 11) is 1.50. The van der Waals surface area contributed by atoms with Crippen molar-refractivity contribution in [3.8, 4) is 11.5 Å². The first kappa shape index (κ1) is 22.1. The Balaban J connectivity index is 1.75. The van der Waals surface area contributed by atoms with Crippen LogP contribution in [0.3, 0.4) is 0 Å². The van der Waals surface area contributed by atoms with Crippen LogP contribution < -0.4 is 14.8 Å². The minimum atomic E-state index is -0.543. The van der Waals surface area contributed by atoms with Gasteiger partial charge in [-0.25, -0.2) is 4.39 Å². The zero-order valence-electron chi connectivity index (χ0n) is 18.3. The minimum Gasteiger partial charge on any atom is -0.496 e. The minimum absolute atomic E-state index is 0.102. The molecule has 0 spiro atoms. The summed E-state index contributed by atoms with van der Waals surface area (Å²) in [5, 5.41) is 3.08. The van der Waals surface area contributed by atoms with Gasteiger partial charge in [-0.2, -0.15) is 0 Å². The van der Waals surface area contributed by atoms with E-state index < -0.39 is 17.6 Å². The van der Waals surface area contributed by atoms with Crippen molar-refractivity contribution in [1.82, 2.24) is 4.90 Å². The van der Waals surface area contributed by atoms with Crippen LogP contribution in [-0.2, 0) is 16.1 Å². The van der Waals surface area contributed by atoms with E-state index >= 15 is 0 Å².